The van der Waals surface area contributed by atoms with E-state index in [4.69, 9.17) is 16.6 Å². The van der Waals surface area contributed by atoms with Crippen molar-refractivity contribution in [3.05, 3.63) is 0 Å². The Morgan fingerprint density at radius 1 is 0.735 bits per heavy atom. The van der Waals surface area contributed by atoms with Gasteiger partial charge >= 0.3 is 11.9 Å². The minimum absolute atomic E-state index is 0.0151. The van der Waals surface area contributed by atoms with E-state index in [2.05, 4.69) is 16.0 Å². The van der Waals surface area contributed by atoms with Gasteiger partial charge in [-0.1, -0.05) is 27.7 Å². The van der Waals surface area contributed by atoms with Gasteiger partial charge in [-0.05, 0) is 50.5 Å². The van der Waals surface area contributed by atoms with E-state index in [1.165, 1.54) is 0 Å². The summed E-state index contributed by atoms with van der Waals surface area (Å²) in [5.41, 5.74) is 11.1. The van der Waals surface area contributed by atoms with Crippen LogP contribution in [0.2, 0.25) is 0 Å². The highest BCUT2D eigenvalue weighted by Gasteiger charge is 2.31. The van der Waals surface area contributed by atoms with Gasteiger partial charge in [0.1, 0.15) is 18.1 Å². The van der Waals surface area contributed by atoms with Gasteiger partial charge in [0.2, 0.25) is 17.7 Å². The Morgan fingerprint density at radius 3 is 1.68 bits per heavy atom. The summed E-state index contributed by atoms with van der Waals surface area (Å²) >= 11 is 0. The number of amides is 3. The third-order valence-corrected chi connectivity index (χ3v) is 4.97. The zero-order valence-electron chi connectivity index (χ0n) is 20.5. The van der Waals surface area contributed by atoms with Gasteiger partial charge in [-0.3, -0.25) is 19.2 Å². The molecule has 0 aliphatic rings. The lowest BCUT2D eigenvalue weighted by Crippen LogP contribution is -2.57. The summed E-state index contributed by atoms with van der Waals surface area (Å²) in [5.74, 6) is -4.50. The molecule has 0 saturated heterocycles. The fourth-order valence-corrected chi connectivity index (χ4v) is 3.26. The fourth-order valence-electron chi connectivity index (χ4n) is 3.26. The molecule has 0 aromatic heterocycles. The normalized spacial score (nSPS) is 14.7. The molecule has 0 aliphatic heterocycles. The minimum atomic E-state index is -1.34. The van der Waals surface area contributed by atoms with Crippen LogP contribution in [0.3, 0.4) is 0 Å². The van der Waals surface area contributed by atoms with Crippen molar-refractivity contribution in [2.45, 2.75) is 90.4 Å². The molecule has 3 amide bonds. The van der Waals surface area contributed by atoms with Crippen LogP contribution in [0.4, 0.5) is 0 Å². The first-order valence-electron chi connectivity index (χ1n) is 11.6. The second-order valence-electron chi connectivity index (χ2n) is 9.27. The number of rotatable bonds is 17. The second kappa shape index (κ2) is 16.0. The minimum Gasteiger partial charge on any atom is -0.481 e. The molecule has 0 heterocycles. The maximum absolute atomic E-state index is 13.0. The molecule has 12 nitrogen and oxygen atoms in total. The Bertz CT molecular complexity index is 699. The molecule has 0 aromatic carbocycles. The van der Waals surface area contributed by atoms with E-state index in [0.29, 0.717) is 19.4 Å². The van der Waals surface area contributed by atoms with Crippen molar-refractivity contribution in [3.8, 4) is 0 Å². The number of aliphatic carboxylic acids is 2. The molecular weight excluding hydrogens is 446 g/mol. The van der Waals surface area contributed by atoms with E-state index in [-0.39, 0.29) is 31.1 Å². The average molecular weight is 488 g/mol. The maximum atomic E-state index is 13.0. The summed E-state index contributed by atoms with van der Waals surface area (Å²) in [5, 5.41) is 25.8. The first-order valence-corrected chi connectivity index (χ1v) is 11.6. The van der Waals surface area contributed by atoms with Gasteiger partial charge in [0, 0.05) is 0 Å². The van der Waals surface area contributed by atoms with Crippen LogP contribution in [0.15, 0.2) is 0 Å². The van der Waals surface area contributed by atoms with Crippen LogP contribution in [0.25, 0.3) is 0 Å². The lowest BCUT2D eigenvalue weighted by Gasteiger charge is -2.26. The van der Waals surface area contributed by atoms with Crippen molar-refractivity contribution in [3.63, 3.8) is 0 Å². The fraction of sp³-hybridized carbons (Fsp3) is 0.773. The highest BCUT2D eigenvalue weighted by Crippen LogP contribution is 2.10. The van der Waals surface area contributed by atoms with Crippen LogP contribution in [-0.2, 0) is 24.0 Å². The van der Waals surface area contributed by atoms with Gasteiger partial charge in [-0.2, -0.15) is 0 Å². The van der Waals surface area contributed by atoms with Gasteiger partial charge in [-0.15, -0.1) is 0 Å². The Labute approximate surface area is 200 Å². The van der Waals surface area contributed by atoms with E-state index < -0.39 is 60.2 Å². The lowest BCUT2D eigenvalue weighted by molar-refractivity contribution is -0.142. The average Bonchev–Trinajstić information content (AvgIpc) is 2.70. The Morgan fingerprint density at radius 2 is 1.21 bits per heavy atom. The summed E-state index contributed by atoms with van der Waals surface area (Å²) in [7, 11) is 0. The van der Waals surface area contributed by atoms with Crippen molar-refractivity contribution in [1.29, 1.82) is 0 Å². The molecule has 12 heteroatoms. The molecule has 9 N–H and O–H groups in total. The molecular formula is C22H41N5O7. The Kier molecular flexibility index (Phi) is 14.7. The van der Waals surface area contributed by atoms with Crippen molar-refractivity contribution in [1.82, 2.24) is 16.0 Å². The number of carboxylic acids is 2. The van der Waals surface area contributed by atoms with Crippen LogP contribution in [0, 0.1) is 11.8 Å². The zero-order valence-corrected chi connectivity index (χ0v) is 20.5. The Hall–Kier alpha value is -2.73. The van der Waals surface area contributed by atoms with E-state index in [0.717, 1.165) is 0 Å². The number of nitrogens with two attached hydrogens (primary N) is 2. The quantitative estimate of drug-likeness (QED) is 0.132. The smallest absolute Gasteiger partial charge is 0.326 e. The molecule has 0 radical (unpaired) electrons. The van der Waals surface area contributed by atoms with E-state index in [1.807, 2.05) is 27.7 Å². The summed E-state index contributed by atoms with van der Waals surface area (Å²) < 4.78 is 0. The van der Waals surface area contributed by atoms with E-state index in [1.54, 1.807) is 0 Å². The summed E-state index contributed by atoms with van der Waals surface area (Å²) in [6.45, 7) is 7.71. The number of hydrogen-bond acceptors (Lipinski definition) is 7. The van der Waals surface area contributed by atoms with Crippen molar-refractivity contribution in [2.75, 3.05) is 6.54 Å². The largest absolute Gasteiger partial charge is 0.481 e. The Balaban J connectivity index is 5.53. The molecule has 4 unspecified atom stereocenters. The molecule has 0 rings (SSSR count). The highest BCUT2D eigenvalue weighted by atomic mass is 16.4. The van der Waals surface area contributed by atoms with Crippen molar-refractivity contribution >= 4 is 29.7 Å². The molecule has 196 valence electrons. The molecule has 0 saturated carbocycles. The lowest BCUT2D eigenvalue weighted by atomic mass is 10.0. The van der Waals surface area contributed by atoms with Crippen LogP contribution >= 0.6 is 0 Å². The van der Waals surface area contributed by atoms with Gasteiger partial charge < -0.3 is 37.6 Å². The predicted molar refractivity (Wildman–Crippen MR) is 125 cm³/mol. The molecule has 4 atom stereocenters. The monoisotopic (exact) mass is 487 g/mol. The molecule has 0 aliphatic carbocycles. The highest BCUT2D eigenvalue weighted by molar-refractivity contribution is 5.94. The van der Waals surface area contributed by atoms with Crippen LogP contribution in [0.1, 0.15) is 66.2 Å². The number of carbonyl (C=O) groups excluding carboxylic acids is 3. The van der Waals surface area contributed by atoms with E-state index in [9.17, 15) is 29.1 Å². The predicted octanol–water partition coefficient (Wildman–Crippen LogP) is -0.451. The maximum Gasteiger partial charge on any atom is 0.326 e. The number of nitrogens with one attached hydrogen (secondary N) is 3. The number of carboxylic acid groups (broad SMARTS) is 2. The molecule has 0 spiro atoms. The second-order valence-corrected chi connectivity index (χ2v) is 9.27. The first kappa shape index (κ1) is 31.3. The molecule has 34 heavy (non-hydrogen) atoms. The van der Waals surface area contributed by atoms with Gasteiger partial charge in [0.15, 0.2) is 0 Å². The third kappa shape index (κ3) is 13.1. The van der Waals surface area contributed by atoms with Gasteiger partial charge in [0.25, 0.3) is 0 Å². The number of carbonyl (C=O) groups is 5. The summed E-state index contributed by atoms with van der Waals surface area (Å²) in [6.07, 6.45) is 1.19. The molecule has 0 fully saturated rings. The number of hydrogen-bond donors (Lipinski definition) is 7. The van der Waals surface area contributed by atoms with Gasteiger partial charge in [-0.25, -0.2) is 4.79 Å². The van der Waals surface area contributed by atoms with Crippen LogP contribution < -0.4 is 27.4 Å². The SMILES string of the molecule is CC(C)CC(NC(=O)C(CCCCN)NC(=O)C(CC(C)C)NC(=O)C(N)CC(=O)O)C(=O)O. The topological polar surface area (TPSA) is 214 Å². The summed E-state index contributed by atoms with van der Waals surface area (Å²) in [4.78, 5) is 60.5. The number of unbranched alkanes of at least 4 members (excludes halogenated alkanes) is 1. The van der Waals surface area contributed by atoms with Crippen molar-refractivity contribution < 1.29 is 34.2 Å². The molecule has 0 aromatic rings. The van der Waals surface area contributed by atoms with Crippen molar-refractivity contribution in [2.24, 2.45) is 23.3 Å². The van der Waals surface area contributed by atoms with Gasteiger partial charge in [0.05, 0.1) is 12.5 Å². The zero-order chi connectivity index (χ0) is 26.4. The van der Waals surface area contributed by atoms with Crippen LogP contribution in [0.5, 0.6) is 0 Å². The molecule has 0 bridgehead atoms. The first-order chi connectivity index (χ1) is 15.8. The van der Waals surface area contributed by atoms with Crippen LogP contribution in [-0.4, -0.2) is 70.6 Å². The van der Waals surface area contributed by atoms with E-state index >= 15 is 0 Å². The summed E-state index contributed by atoms with van der Waals surface area (Å²) in [6, 6.07) is -4.53. The standard InChI is InChI=1S/C22H41N5O7/c1-12(2)9-16(26-19(30)14(24)11-18(28)29)21(32)25-15(7-5-6-8-23)20(31)27-17(22(33)34)10-13(3)4/h12-17H,5-11,23-24H2,1-4H3,(H,25,32)(H,26,30)(H,27,31)(H,28,29)(H,33,34). The third-order valence-electron chi connectivity index (χ3n) is 4.97.